The Morgan fingerprint density at radius 3 is 3.21 bits per heavy atom. The molecule has 128 valence electrons. The minimum absolute atomic E-state index is 0.0683. The molecule has 0 unspecified atom stereocenters. The van der Waals surface area contributed by atoms with Gasteiger partial charge in [-0.25, -0.2) is 4.98 Å². The van der Waals surface area contributed by atoms with E-state index in [1.807, 2.05) is 20.9 Å². The summed E-state index contributed by atoms with van der Waals surface area (Å²) in [4.78, 5) is 22.9. The van der Waals surface area contributed by atoms with Gasteiger partial charge < -0.3 is 4.90 Å². The Morgan fingerprint density at radius 1 is 1.46 bits per heavy atom. The number of fused-ring (bicyclic) bond motifs is 1. The summed E-state index contributed by atoms with van der Waals surface area (Å²) in [5.74, 6) is 0.261. The quantitative estimate of drug-likeness (QED) is 0.848. The monoisotopic (exact) mass is 345 g/mol. The third-order valence-electron chi connectivity index (χ3n) is 5.26. The number of aromatic nitrogens is 3. The summed E-state index contributed by atoms with van der Waals surface area (Å²) in [5.41, 5.74) is 1.33. The van der Waals surface area contributed by atoms with Gasteiger partial charge in [0.2, 0.25) is 5.91 Å². The molecule has 4 heterocycles. The standard InChI is InChI=1S/C17H23N5OS/c1-13(17(23)20-7-4-16-14(9-20)5-8-24-16)22-6-2-3-15(22)10-21-12-18-11-19-21/h5,8,11-13,15H,2-4,6-7,9-10H2,1H3/t13-,15-/m0/s1. The van der Waals surface area contributed by atoms with Crippen LogP contribution in [0.5, 0.6) is 0 Å². The van der Waals surface area contributed by atoms with Crippen LogP contribution in [0.3, 0.4) is 0 Å². The molecule has 4 rings (SSSR count). The molecule has 1 fully saturated rings. The second-order valence-corrected chi connectivity index (χ2v) is 7.71. The van der Waals surface area contributed by atoms with Crippen LogP contribution < -0.4 is 0 Å². The van der Waals surface area contributed by atoms with Crippen LogP contribution >= 0.6 is 11.3 Å². The Hall–Kier alpha value is -1.73. The number of carbonyl (C=O) groups excluding carboxylic acids is 1. The van der Waals surface area contributed by atoms with Gasteiger partial charge in [0.25, 0.3) is 0 Å². The van der Waals surface area contributed by atoms with Crippen LogP contribution in [0, 0.1) is 0 Å². The van der Waals surface area contributed by atoms with Crippen molar-refractivity contribution >= 4 is 17.2 Å². The first-order chi connectivity index (χ1) is 11.7. The van der Waals surface area contributed by atoms with Gasteiger partial charge in [0.05, 0.1) is 12.6 Å². The molecule has 1 saturated heterocycles. The Balaban J connectivity index is 1.42. The van der Waals surface area contributed by atoms with Crippen LogP contribution in [-0.2, 0) is 24.3 Å². The lowest BCUT2D eigenvalue weighted by Gasteiger charge is -2.35. The molecule has 2 aliphatic heterocycles. The summed E-state index contributed by atoms with van der Waals surface area (Å²) in [7, 11) is 0. The summed E-state index contributed by atoms with van der Waals surface area (Å²) >= 11 is 1.81. The normalized spacial score (nSPS) is 22.5. The highest BCUT2D eigenvalue weighted by Crippen LogP contribution is 2.27. The van der Waals surface area contributed by atoms with Gasteiger partial charge in [-0.05, 0) is 49.7 Å². The van der Waals surface area contributed by atoms with Gasteiger partial charge in [0.1, 0.15) is 12.7 Å². The van der Waals surface area contributed by atoms with E-state index in [1.54, 1.807) is 12.7 Å². The van der Waals surface area contributed by atoms with Crippen molar-refractivity contribution in [3.63, 3.8) is 0 Å². The Labute approximate surface area is 146 Å². The predicted molar refractivity (Wildman–Crippen MR) is 92.7 cm³/mol. The zero-order chi connectivity index (χ0) is 16.5. The molecule has 1 amide bonds. The molecule has 0 radical (unpaired) electrons. The molecule has 2 aliphatic rings. The average molecular weight is 345 g/mol. The van der Waals surface area contributed by atoms with Crippen LogP contribution in [0.15, 0.2) is 24.1 Å². The second-order valence-electron chi connectivity index (χ2n) is 6.71. The number of hydrogen-bond donors (Lipinski definition) is 0. The Kier molecular flexibility index (Phi) is 4.37. The van der Waals surface area contributed by atoms with Crippen LogP contribution in [-0.4, -0.2) is 55.6 Å². The molecular weight excluding hydrogens is 322 g/mol. The van der Waals surface area contributed by atoms with Gasteiger partial charge in [-0.1, -0.05) is 0 Å². The van der Waals surface area contributed by atoms with Crippen molar-refractivity contribution in [2.24, 2.45) is 0 Å². The molecule has 0 aromatic carbocycles. The van der Waals surface area contributed by atoms with E-state index >= 15 is 0 Å². The number of amides is 1. The number of carbonyl (C=O) groups is 1. The highest BCUT2D eigenvalue weighted by Gasteiger charge is 2.35. The van der Waals surface area contributed by atoms with E-state index < -0.39 is 0 Å². The van der Waals surface area contributed by atoms with Crippen molar-refractivity contribution in [2.75, 3.05) is 13.1 Å². The topological polar surface area (TPSA) is 54.3 Å². The molecule has 0 aliphatic carbocycles. The first kappa shape index (κ1) is 15.8. The first-order valence-electron chi connectivity index (χ1n) is 8.64. The molecule has 24 heavy (non-hydrogen) atoms. The number of hydrogen-bond acceptors (Lipinski definition) is 5. The lowest BCUT2D eigenvalue weighted by molar-refractivity contribution is -0.137. The molecule has 7 heteroatoms. The van der Waals surface area contributed by atoms with Crippen LogP contribution in [0.2, 0.25) is 0 Å². The highest BCUT2D eigenvalue weighted by atomic mass is 32.1. The lowest BCUT2D eigenvalue weighted by Crippen LogP contribution is -2.50. The summed E-state index contributed by atoms with van der Waals surface area (Å²) in [6.45, 7) is 5.48. The number of likely N-dealkylation sites (tertiary alicyclic amines) is 1. The molecule has 2 atom stereocenters. The van der Waals surface area contributed by atoms with Gasteiger partial charge in [-0.2, -0.15) is 5.10 Å². The first-order valence-corrected chi connectivity index (χ1v) is 9.52. The molecule has 0 saturated carbocycles. The van der Waals surface area contributed by atoms with Gasteiger partial charge in [0.15, 0.2) is 0 Å². The van der Waals surface area contributed by atoms with Gasteiger partial charge >= 0.3 is 0 Å². The summed E-state index contributed by atoms with van der Waals surface area (Å²) < 4.78 is 1.87. The van der Waals surface area contributed by atoms with Gasteiger partial charge in [-0.15, -0.1) is 11.3 Å². The lowest BCUT2D eigenvalue weighted by atomic mass is 10.1. The SMILES string of the molecule is C[C@@H](C(=O)N1CCc2sccc2C1)N1CCC[C@H]1Cn1cncn1. The molecule has 6 nitrogen and oxygen atoms in total. The summed E-state index contributed by atoms with van der Waals surface area (Å²) in [5, 5.41) is 6.35. The van der Waals surface area contributed by atoms with E-state index in [9.17, 15) is 4.79 Å². The molecule has 0 bridgehead atoms. The van der Waals surface area contributed by atoms with E-state index in [0.29, 0.717) is 6.04 Å². The second kappa shape index (κ2) is 6.64. The molecule has 2 aromatic heterocycles. The van der Waals surface area contributed by atoms with Gasteiger partial charge in [0, 0.05) is 24.0 Å². The maximum absolute atomic E-state index is 13.0. The zero-order valence-electron chi connectivity index (χ0n) is 14.0. The smallest absolute Gasteiger partial charge is 0.239 e. The van der Waals surface area contributed by atoms with Crippen molar-refractivity contribution in [2.45, 2.75) is 51.4 Å². The van der Waals surface area contributed by atoms with Gasteiger partial charge in [-0.3, -0.25) is 14.4 Å². The van der Waals surface area contributed by atoms with E-state index in [0.717, 1.165) is 45.4 Å². The predicted octanol–water partition coefficient (Wildman–Crippen LogP) is 1.78. The minimum Gasteiger partial charge on any atom is -0.337 e. The number of nitrogens with zero attached hydrogens (tertiary/aromatic N) is 5. The van der Waals surface area contributed by atoms with E-state index in [1.165, 1.54) is 10.4 Å². The zero-order valence-corrected chi connectivity index (χ0v) is 14.8. The maximum atomic E-state index is 13.0. The highest BCUT2D eigenvalue weighted by molar-refractivity contribution is 7.10. The average Bonchev–Trinajstić information content (AvgIpc) is 3.34. The van der Waals surface area contributed by atoms with E-state index in [-0.39, 0.29) is 11.9 Å². The van der Waals surface area contributed by atoms with Crippen molar-refractivity contribution < 1.29 is 4.79 Å². The van der Waals surface area contributed by atoms with Crippen molar-refractivity contribution in [1.29, 1.82) is 0 Å². The third kappa shape index (κ3) is 2.98. The molecule has 0 N–H and O–H groups in total. The Bertz CT molecular complexity index is 698. The number of rotatable bonds is 4. The maximum Gasteiger partial charge on any atom is 0.239 e. The van der Waals surface area contributed by atoms with Crippen LogP contribution in [0.25, 0.3) is 0 Å². The third-order valence-corrected chi connectivity index (χ3v) is 6.28. The largest absolute Gasteiger partial charge is 0.337 e. The molecular formula is C17H23N5OS. The van der Waals surface area contributed by atoms with E-state index in [4.69, 9.17) is 0 Å². The van der Waals surface area contributed by atoms with Crippen molar-refractivity contribution in [1.82, 2.24) is 24.6 Å². The summed E-state index contributed by atoms with van der Waals surface area (Å²) in [6, 6.07) is 2.46. The van der Waals surface area contributed by atoms with E-state index in [2.05, 4.69) is 33.4 Å². The fourth-order valence-corrected chi connectivity index (χ4v) is 4.84. The van der Waals surface area contributed by atoms with Crippen LogP contribution in [0.4, 0.5) is 0 Å². The molecule has 2 aromatic rings. The minimum atomic E-state index is -0.0683. The van der Waals surface area contributed by atoms with Crippen molar-refractivity contribution in [3.8, 4) is 0 Å². The fraction of sp³-hybridized carbons (Fsp3) is 0.588. The van der Waals surface area contributed by atoms with Crippen LogP contribution in [0.1, 0.15) is 30.2 Å². The molecule has 0 spiro atoms. The fourth-order valence-electron chi connectivity index (χ4n) is 3.95. The summed E-state index contributed by atoms with van der Waals surface area (Å²) in [6.07, 6.45) is 6.58. The Morgan fingerprint density at radius 2 is 2.38 bits per heavy atom. The van der Waals surface area contributed by atoms with Crippen molar-refractivity contribution in [3.05, 3.63) is 34.5 Å². The number of thiophene rings is 1.